The quantitative estimate of drug-likeness (QED) is 0.467. The third-order valence-corrected chi connectivity index (χ3v) is 2.68. The molecule has 1 heterocycles. The molecule has 2 aromatic rings. The normalized spacial score (nSPS) is 10.3. The number of guanidine groups is 1. The van der Waals surface area contributed by atoms with Gasteiger partial charge in [0.1, 0.15) is 5.69 Å². The summed E-state index contributed by atoms with van der Waals surface area (Å²) in [6.45, 7) is 0. The summed E-state index contributed by atoms with van der Waals surface area (Å²) in [4.78, 5) is 15.5. The van der Waals surface area contributed by atoms with E-state index in [9.17, 15) is 4.79 Å². The minimum Gasteiger partial charge on any atom is -0.464 e. The third kappa shape index (κ3) is 2.00. The Morgan fingerprint density at radius 3 is 2.67 bits per heavy atom. The van der Waals surface area contributed by atoms with Gasteiger partial charge >= 0.3 is 5.97 Å². The molecule has 0 amide bonds. The number of hydrogen-bond acceptors (Lipinski definition) is 3. The van der Waals surface area contributed by atoms with Gasteiger partial charge in [0.05, 0.1) is 18.3 Å². The van der Waals surface area contributed by atoms with Crippen molar-refractivity contribution < 1.29 is 9.53 Å². The van der Waals surface area contributed by atoms with Crippen LogP contribution in [0.25, 0.3) is 10.9 Å². The molecule has 0 saturated carbocycles. The van der Waals surface area contributed by atoms with E-state index in [4.69, 9.17) is 16.2 Å². The summed E-state index contributed by atoms with van der Waals surface area (Å²) in [6.07, 6.45) is 0. The topological polar surface area (TPSA) is 95.6 Å². The fraction of sp³-hybridized carbons (Fsp3) is 0.167. The number of methoxy groups -OCH3 is 1. The molecule has 4 N–H and O–H groups in total. The lowest BCUT2D eigenvalue weighted by molar-refractivity contribution is 0.0590. The molecule has 0 spiro atoms. The Morgan fingerprint density at radius 2 is 2.06 bits per heavy atom. The number of aryl methyl sites for hydroxylation is 1. The van der Waals surface area contributed by atoms with Gasteiger partial charge in [-0.05, 0) is 18.2 Å². The average molecular weight is 246 g/mol. The summed E-state index contributed by atoms with van der Waals surface area (Å²) in [5, 5.41) is 0.924. The Morgan fingerprint density at radius 1 is 1.33 bits per heavy atom. The van der Waals surface area contributed by atoms with E-state index in [1.165, 1.54) is 7.11 Å². The highest BCUT2D eigenvalue weighted by molar-refractivity contribution is 5.96. The Labute approximate surface area is 104 Å². The first-order chi connectivity index (χ1) is 8.52. The van der Waals surface area contributed by atoms with E-state index in [1.54, 1.807) is 23.7 Å². The smallest absolute Gasteiger partial charge is 0.354 e. The van der Waals surface area contributed by atoms with Gasteiger partial charge in [-0.1, -0.05) is 6.07 Å². The Balaban J connectivity index is 2.60. The molecular formula is C12H14N4O2. The Hall–Kier alpha value is -2.50. The second-order valence-corrected chi connectivity index (χ2v) is 3.86. The molecule has 0 unspecified atom stereocenters. The summed E-state index contributed by atoms with van der Waals surface area (Å²) in [7, 11) is 3.14. The van der Waals surface area contributed by atoms with Crippen LogP contribution >= 0.6 is 0 Å². The number of aromatic nitrogens is 1. The van der Waals surface area contributed by atoms with Gasteiger partial charge in [-0.3, -0.25) is 0 Å². The molecule has 0 aliphatic carbocycles. The molecule has 1 aromatic carbocycles. The molecule has 0 fully saturated rings. The van der Waals surface area contributed by atoms with Gasteiger partial charge in [0.15, 0.2) is 5.96 Å². The van der Waals surface area contributed by atoms with Crippen molar-refractivity contribution in [2.45, 2.75) is 0 Å². The van der Waals surface area contributed by atoms with Crippen LogP contribution in [0.2, 0.25) is 0 Å². The maximum atomic E-state index is 11.6. The molecule has 0 aliphatic heterocycles. The van der Waals surface area contributed by atoms with E-state index in [0.717, 1.165) is 10.9 Å². The summed E-state index contributed by atoms with van der Waals surface area (Å²) in [6, 6.07) is 7.20. The van der Waals surface area contributed by atoms with Crippen molar-refractivity contribution in [2.75, 3.05) is 7.11 Å². The number of ether oxygens (including phenoxy) is 1. The molecular weight excluding hydrogens is 232 g/mol. The Kier molecular flexibility index (Phi) is 2.93. The van der Waals surface area contributed by atoms with Gasteiger partial charge in [-0.2, -0.15) is 0 Å². The molecule has 6 heteroatoms. The summed E-state index contributed by atoms with van der Waals surface area (Å²) in [5.41, 5.74) is 12.6. The number of nitrogens with zero attached hydrogens (tertiary/aromatic N) is 2. The van der Waals surface area contributed by atoms with Crippen molar-refractivity contribution in [3.8, 4) is 0 Å². The largest absolute Gasteiger partial charge is 0.464 e. The van der Waals surface area contributed by atoms with Crippen molar-refractivity contribution in [3.63, 3.8) is 0 Å². The SMILES string of the molecule is COC(=O)c1cc2ccc(N=C(N)N)cc2n1C. The first kappa shape index (κ1) is 12.0. The first-order valence-corrected chi connectivity index (χ1v) is 5.30. The lowest BCUT2D eigenvalue weighted by Crippen LogP contribution is -2.21. The highest BCUT2D eigenvalue weighted by atomic mass is 16.5. The van der Waals surface area contributed by atoms with E-state index in [2.05, 4.69) is 4.99 Å². The first-order valence-electron chi connectivity index (χ1n) is 5.30. The lowest BCUT2D eigenvalue weighted by atomic mass is 10.2. The molecule has 0 saturated heterocycles. The van der Waals surface area contributed by atoms with E-state index in [0.29, 0.717) is 11.4 Å². The highest BCUT2D eigenvalue weighted by Crippen LogP contribution is 2.24. The molecule has 94 valence electrons. The highest BCUT2D eigenvalue weighted by Gasteiger charge is 2.13. The standard InChI is InChI=1S/C12H14N4O2/c1-16-9-6-8(15-12(13)14)4-3-7(9)5-10(16)11(17)18-2/h3-6H,1-2H3,(H4,13,14,15). The summed E-state index contributed by atoms with van der Waals surface area (Å²) in [5.74, 6) is -0.381. The molecule has 0 atom stereocenters. The van der Waals surface area contributed by atoms with Gasteiger partial charge in [0, 0.05) is 12.4 Å². The summed E-state index contributed by atoms with van der Waals surface area (Å²) >= 11 is 0. The molecule has 0 radical (unpaired) electrons. The van der Waals surface area contributed by atoms with E-state index in [1.807, 2.05) is 12.1 Å². The number of aliphatic imine (C=N–C) groups is 1. The number of hydrogen-bond donors (Lipinski definition) is 2. The third-order valence-electron chi connectivity index (χ3n) is 2.68. The van der Waals surface area contributed by atoms with Gasteiger partial charge in [0.2, 0.25) is 0 Å². The maximum Gasteiger partial charge on any atom is 0.354 e. The van der Waals surface area contributed by atoms with Crippen LogP contribution in [-0.4, -0.2) is 23.6 Å². The zero-order valence-corrected chi connectivity index (χ0v) is 10.2. The molecule has 0 aliphatic rings. The average Bonchev–Trinajstić information content (AvgIpc) is 2.65. The zero-order valence-electron chi connectivity index (χ0n) is 10.2. The monoisotopic (exact) mass is 246 g/mol. The van der Waals surface area contributed by atoms with Crippen molar-refractivity contribution in [2.24, 2.45) is 23.5 Å². The van der Waals surface area contributed by atoms with Gasteiger partial charge in [-0.15, -0.1) is 0 Å². The van der Waals surface area contributed by atoms with E-state index >= 15 is 0 Å². The van der Waals surface area contributed by atoms with Crippen molar-refractivity contribution >= 4 is 28.5 Å². The number of carbonyl (C=O) groups is 1. The van der Waals surface area contributed by atoms with E-state index < -0.39 is 0 Å². The number of nitrogens with two attached hydrogens (primary N) is 2. The fourth-order valence-corrected chi connectivity index (χ4v) is 1.84. The second kappa shape index (κ2) is 4.40. The van der Waals surface area contributed by atoms with Crippen LogP contribution in [0.4, 0.5) is 5.69 Å². The number of fused-ring (bicyclic) bond motifs is 1. The van der Waals surface area contributed by atoms with Crippen LogP contribution < -0.4 is 11.5 Å². The second-order valence-electron chi connectivity index (χ2n) is 3.86. The van der Waals surface area contributed by atoms with Crippen LogP contribution in [0.1, 0.15) is 10.5 Å². The van der Waals surface area contributed by atoms with Crippen LogP contribution in [0.5, 0.6) is 0 Å². The van der Waals surface area contributed by atoms with Crippen molar-refractivity contribution in [3.05, 3.63) is 30.0 Å². The predicted molar refractivity (Wildman–Crippen MR) is 69.7 cm³/mol. The predicted octanol–water partition coefficient (Wildman–Crippen LogP) is 0.870. The number of esters is 1. The number of rotatable bonds is 2. The van der Waals surface area contributed by atoms with Crippen molar-refractivity contribution in [1.29, 1.82) is 0 Å². The minimum absolute atomic E-state index is 0.00301. The lowest BCUT2D eigenvalue weighted by Gasteiger charge is -2.02. The Bertz CT molecular complexity index is 639. The number of benzene rings is 1. The van der Waals surface area contributed by atoms with Crippen LogP contribution in [-0.2, 0) is 11.8 Å². The van der Waals surface area contributed by atoms with Crippen LogP contribution in [0, 0.1) is 0 Å². The summed E-state index contributed by atoms with van der Waals surface area (Å²) < 4.78 is 6.46. The van der Waals surface area contributed by atoms with Gasteiger partial charge < -0.3 is 20.8 Å². The number of carbonyl (C=O) groups excluding carboxylic acids is 1. The van der Waals surface area contributed by atoms with E-state index in [-0.39, 0.29) is 11.9 Å². The molecule has 18 heavy (non-hydrogen) atoms. The minimum atomic E-state index is -0.378. The maximum absolute atomic E-state index is 11.6. The van der Waals surface area contributed by atoms with Crippen LogP contribution in [0.3, 0.4) is 0 Å². The zero-order chi connectivity index (χ0) is 13.3. The van der Waals surface area contributed by atoms with Gasteiger partial charge in [-0.25, -0.2) is 9.79 Å². The fourth-order valence-electron chi connectivity index (χ4n) is 1.84. The van der Waals surface area contributed by atoms with Gasteiger partial charge in [0.25, 0.3) is 0 Å². The van der Waals surface area contributed by atoms with Crippen LogP contribution in [0.15, 0.2) is 29.3 Å². The molecule has 1 aromatic heterocycles. The molecule has 6 nitrogen and oxygen atoms in total. The van der Waals surface area contributed by atoms with Crippen molar-refractivity contribution in [1.82, 2.24) is 4.57 Å². The molecule has 2 rings (SSSR count). The molecule has 0 bridgehead atoms.